The van der Waals surface area contributed by atoms with E-state index in [1.807, 2.05) is 13.8 Å². The minimum atomic E-state index is -1.07. The molecule has 0 radical (unpaired) electrons. The maximum atomic E-state index is 10.7. The van der Waals surface area contributed by atoms with Gasteiger partial charge in [0.2, 0.25) is 0 Å². The van der Waals surface area contributed by atoms with Gasteiger partial charge in [0.05, 0.1) is 17.3 Å². The molecule has 0 saturated heterocycles. The first-order valence-corrected chi connectivity index (χ1v) is 7.25. The van der Waals surface area contributed by atoms with Crippen LogP contribution in [0.5, 0.6) is 0 Å². The molecule has 2 saturated carbocycles. The van der Waals surface area contributed by atoms with Gasteiger partial charge in [-0.1, -0.05) is 20.8 Å². The third-order valence-electron chi connectivity index (χ3n) is 5.97. The van der Waals surface area contributed by atoms with Crippen LogP contribution >= 0.6 is 0 Å². The zero-order chi connectivity index (χ0) is 13.8. The van der Waals surface area contributed by atoms with Gasteiger partial charge in [-0.2, -0.15) is 0 Å². The molecule has 0 aliphatic heterocycles. The van der Waals surface area contributed by atoms with E-state index in [9.17, 15) is 15.3 Å². The van der Waals surface area contributed by atoms with Gasteiger partial charge in [0.1, 0.15) is 0 Å². The summed E-state index contributed by atoms with van der Waals surface area (Å²) in [6.07, 6.45) is 3.30. The first-order valence-electron chi connectivity index (χ1n) is 7.25. The summed E-state index contributed by atoms with van der Waals surface area (Å²) in [7, 11) is 0. The molecule has 0 bridgehead atoms. The van der Waals surface area contributed by atoms with Gasteiger partial charge in [-0.15, -0.1) is 0 Å². The number of aliphatic hydroxyl groups excluding tert-OH is 1. The Morgan fingerprint density at radius 3 is 2.22 bits per heavy atom. The van der Waals surface area contributed by atoms with Gasteiger partial charge >= 0.3 is 0 Å². The van der Waals surface area contributed by atoms with Crippen molar-refractivity contribution < 1.29 is 15.3 Å². The van der Waals surface area contributed by atoms with E-state index < -0.39 is 17.3 Å². The quantitative estimate of drug-likeness (QED) is 0.673. The van der Waals surface area contributed by atoms with Crippen LogP contribution in [-0.2, 0) is 0 Å². The maximum Gasteiger partial charge on any atom is 0.0911 e. The van der Waals surface area contributed by atoms with Crippen LogP contribution in [0.1, 0.15) is 59.8 Å². The lowest BCUT2D eigenvalue weighted by Crippen LogP contribution is -2.61. The molecule has 0 amide bonds. The molecule has 0 unspecified atom stereocenters. The van der Waals surface area contributed by atoms with Gasteiger partial charge in [0.15, 0.2) is 0 Å². The topological polar surface area (TPSA) is 60.7 Å². The van der Waals surface area contributed by atoms with Gasteiger partial charge in [-0.3, -0.25) is 0 Å². The zero-order valence-corrected chi connectivity index (χ0v) is 12.1. The van der Waals surface area contributed by atoms with Crippen molar-refractivity contribution in [1.29, 1.82) is 0 Å². The third kappa shape index (κ3) is 2.00. The Balaban J connectivity index is 2.30. The maximum absolute atomic E-state index is 10.7. The normalized spacial score (nSPS) is 53.3. The van der Waals surface area contributed by atoms with Crippen molar-refractivity contribution in [3.63, 3.8) is 0 Å². The predicted octanol–water partition coefficient (Wildman–Crippen LogP) is 2.09. The molecule has 5 atom stereocenters. The van der Waals surface area contributed by atoms with Crippen molar-refractivity contribution in [1.82, 2.24) is 0 Å². The fourth-order valence-electron chi connectivity index (χ4n) is 4.10. The van der Waals surface area contributed by atoms with Crippen LogP contribution < -0.4 is 0 Å². The summed E-state index contributed by atoms with van der Waals surface area (Å²) in [5, 5.41) is 31.5. The molecule has 3 N–H and O–H groups in total. The van der Waals surface area contributed by atoms with Crippen LogP contribution in [-0.4, -0.2) is 32.6 Å². The van der Waals surface area contributed by atoms with Crippen molar-refractivity contribution in [2.45, 2.75) is 77.1 Å². The number of hydrogen-bond donors (Lipinski definition) is 3. The number of aliphatic hydroxyl groups is 3. The average molecular weight is 256 g/mol. The number of hydrogen-bond acceptors (Lipinski definition) is 3. The lowest BCUT2D eigenvalue weighted by atomic mass is 9.51. The van der Waals surface area contributed by atoms with Gasteiger partial charge in [-0.05, 0) is 56.3 Å². The first-order chi connectivity index (χ1) is 8.12. The summed E-state index contributed by atoms with van der Waals surface area (Å²) in [4.78, 5) is 0. The van der Waals surface area contributed by atoms with E-state index in [1.54, 1.807) is 6.92 Å². The molecule has 2 fully saturated rings. The molecule has 2 aliphatic rings. The van der Waals surface area contributed by atoms with E-state index in [0.29, 0.717) is 12.8 Å². The van der Waals surface area contributed by atoms with E-state index in [4.69, 9.17) is 0 Å². The monoisotopic (exact) mass is 256 g/mol. The Morgan fingerprint density at radius 1 is 1.06 bits per heavy atom. The van der Waals surface area contributed by atoms with Crippen LogP contribution in [0.3, 0.4) is 0 Å². The average Bonchev–Trinajstić information content (AvgIpc) is 2.28. The van der Waals surface area contributed by atoms with E-state index in [0.717, 1.165) is 19.3 Å². The lowest BCUT2D eigenvalue weighted by molar-refractivity contribution is -0.212. The Morgan fingerprint density at radius 2 is 1.67 bits per heavy atom. The highest BCUT2D eigenvalue weighted by Crippen LogP contribution is 2.57. The Bertz CT molecular complexity index is 321. The molecule has 106 valence electrons. The molecule has 18 heavy (non-hydrogen) atoms. The van der Waals surface area contributed by atoms with E-state index in [2.05, 4.69) is 6.92 Å². The second-order valence-corrected chi connectivity index (χ2v) is 7.45. The summed E-state index contributed by atoms with van der Waals surface area (Å²) in [6.45, 7) is 8.02. The van der Waals surface area contributed by atoms with Gasteiger partial charge < -0.3 is 15.3 Å². The summed E-state index contributed by atoms with van der Waals surface area (Å²) in [5.41, 5.74) is -1.70. The van der Waals surface area contributed by atoms with Gasteiger partial charge in [-0.25, -0.2) is 0 Å². The third-order valence-corrected chi connectivity index (χ3v) is 5.97. The van der Waals surface area contributed by atoms with E-state index in [-0.39, 0.29) is 17.3 Å². The predicted molar refractivity (Wildman–Crippen MR) is 71.1 cm³/mol. The SMILES string of the molecule is CC(C)[C@]1(O)CC[C@@]2(C)CC[C@H](O)[C@](C)(O)[C@@H]2C1. The summed E-state index contributed by atoms with van der Waals surface area (Å²) in [5.74, 6) is 0.173. The number of rotatable bonds is 1. The summed E-state index contributed by atoms with van der Waals surface area (Å²) >= 11 is 0. The fraction of sp³-hybridized carbons (Fsp3) is 1.00. The molecular weight excluding hydrogens is 228 g/mol. The smallest absolute Gasteiger partial charge is 0.0911 e. The minimum absolute atomic E-state index is 0.0186. The van der Waals surface area contributed by atoms with Gasteiger partial charge in [0, 0.05) is 0 Å². The van der Waals surface area contributed by atoms with Crippen molar-refractivity contribution in [3.05, 3.63) is 0 Å². The molecule has 3 nitrogen and oxygen atoms in total. The molecule has 2 aliphatic carbocycles. The highest BCUT2D eigenvalue weighted by atomic mass is 16.3. The lowest BCUT2D eigenvalue weighted by Gasteiger charge is -2.58. The van der Waals surface area contributed by atoms with Crippen LogP contribution in [0.25, 0.3) is 0 Å². The largest absolute Gasteiger partial charge is 0.390 e. The van der Waals surface area contributed by atoms with Crippen molar-refractivity contribution in [2.75, 3.05) is 0 Å². The van der Waals surface area contributed by atoms with E-state index in [1.165, 1.54) is 0 Å². The summed E-state index contributed by atoms with van der Waals surface area (Å²) < 4.78 is 0. The molecule has 0 heterocycles. The zero-order valence-electron chi connectivity index (χ0n) is 12.1. The molecule has 3 heteroatoms. The molecular formula is C15H28O3. The second-order valence-electron chi connectivity index (χ2n) is 7.45. The van der Waals surface area contributed by atoms with Gasteiger partial charge in [0.25, 0.3) is 0 Å². The van der Waals surface area contributed by atoms with E-state index >= 15 is 0 Å². The summed E-state index contributed by atoms with van der Waals surface area (Å²) in [6, 6.07) is 0. The number of fused-ring (bicyclic) bond motifs is 1. The highest BCUT2D eigenvalue weighted by molar-refractivity contribution is 5.08. The molecule has 2 rings (SSSR count). The van der Waals surface area contributed by atoms with Crippen molar-refractivity contribution in [2.24, 2.45) is 17.3 Å². The van der Waals surface area contributed by atoms with Crippen LogP contribution in [0.2, 0.25) is 0 Å². The van der Waals surface area contributed by atoms with Crippen LogP contribution in [0.4, 0.5) is 0 Å². The highest BCUT2D eigenvalue weighted by Gasteiger charge is 2.57. The Labute approximate surface area is 110 Å². The fourth-order valence-corrected chi connectivity index (χ4v) is 4.10. The Kier molecular flexibility index (Phi) is 3.33. The van der Waals surface area contributed by atoms with Crippen LogP contribution in [0.15, 0.2) is 0 Å². The standard InChI is InChI=1S/C15H28O3/c1-10(2)15(18)8-7-13(3)6-5-12(16)14(4,17)11(13)9-15/h10-12,16-18H,5-9H2,1-4H3/t11-,12+,13-,14-,15+/m1/s1. The first kappa shape index (κ1) is 14.3. The molecule has 0 spiro atoms. The minimum Gasteiger partial charge on any atom is -0.390 e. The molecule has 0 aromatic rings. The molecule has 0 aromatic heterocycles. The molecule has 0 aromatic carbocycles. The second kappa shape index (κ2) is 4.19. The van der Waals surface area contributed by atoms with Crippen molar-refractivity contribution in [3.8, 4) is 0 Å². The van der Waals surface area contributed by atoms with Crippen LogP contribution in [0, 0.1) is 17.3 Å². The Hall–Kier alpha value is -0.120. The van der Waals surface area contributed by atoms with Crippen molar-refractivity contribution >= 4 is 0 Å².